The van der Waals surface area contributed by atoms with Crippen molar-refractivity contribution in [3.8, 4) is 0 Å². The number of benzene rings is 2. The van der Waals surface area contributed by atoms with Crippen LogP contribution in [0.5, 0.6) is 0 Å². The van der Waals surface area contributed by atoms with Crippen LogP contribution in [-0.2, 0) is 11.3 Å². The number of carbonyl (C=O) groups excluding carboxylic acids is 1. The minimum atomic E-state index is -0.0286. The maximum atomic E-state index is 12.1. The molecule has 0 saturated carbocycles. The van der Waals surface area contributed by atoms with Crippen molar-refractivity contribution in [2.45, 2.75) is 26.8 Å². The average Bonchev–Trinajstić information content (AvgIpc) is 2.70. The molecule has 1 fully saturated rings. The van der Waals surface area contributed by atoms with Crippen molar-refractivity contribution in [1.82, 2.24) is 4.90 Å². The van der Waals surface area contributed by atoms with Crippen LogP contribution in [0.15, 0.2) is 66.2 Å². The molecule has 0 atom stereocenters. The Morgan fingerprint density at radius 3 is 2.30 bits per heavy atom. The van der Waals surface area contributed by atoms with Crippen molar-refractivity contribution in [2.24, 2.45) is 0 Å². The monoisotopic (exact) mass is 363 g/mol. The van der Waals surface area contributed by atoms with Gasteiger partial charge >= 0.3 is 0 Å². The van der Waals surface area contributed by atoms with Crippen molar-refractivity contribution in [3.63, 3.8) is 0 Å². The third kappa shape index (κ3) is 5.44. The molecule has 0 aliphatic carbocycles. The van der Waals surface area contributed by atoms with Gasteiger partial charge < -0.3 is 10.2 Å². The number of amides is 1. The highest BCUT2D eigenvalue weighted by molar-refractivity contribution is 6.03. The highest BCUT2D eigenvalue weighted by Crippen LogP contribution is 2.20. The maximum Gasteiger partial charge on any atom is 0.250 e. The second-order valence-electron chi connectivity index (χ2n) is 7.05. The number of nitrogens with one attached hydrogen (secondary N) is 1. The van der Waals surface area contributed by atoms with Gasteiger partial charge in [0.1, 0.15) is 0 Å². The van der Waals surface area contributed by atoms with E-state index in [9.17, 15) is 4.79 Å². The lowest BCUT2D eigenvalue weighted by molar-refractivity contribution is -0.112. The molecular formula is C23H29N3O. The molecule has 0 unspecified atom stereocenters. The van der Waals surface area contributed by atoms with E-state index >= 15 is 0 Å². The lowest BCUT2D eigenvalue weighted by atomic mass is 10.2. The molecule has 0 aromatic heterocycles. The summed E-state index contributed by atoms with van der Waals surface area (Å²) in [6.07, 6.45) is 2.81. The number of piperazine rings is 1. The third-order valence-corrected chi connectivity index (χ3v) is 4.98. The molecule has 1 saturated heterocycles. The quantitative estimate of drug-likeness (QED) is 0.777. The van der Waals surface area contributed by atoms with Gasteiger partial charge in [-0.15, -0.1) is 0 Å². The van der Waals surface area contributed by atoms with E-state index in [0.29, 0.717) is 0 Å². The minimum absolute atomic E-state index is 0.0286. The van der Waals surface area contributed by atoms with Crippen LogP contribution in [0.4, 0.5) is 11.4 Å². The van der Waals surface area contributed by atoms with E-state index in [4.69, 9.17) is 0 Å². The van der Waals surface area contributed by atoms with E-state index in [1.54, 1.807) is 0 Å². The van der Waals surface area contributed by atoms with Crippen LogP contribution >= 0.6 is 0 Å². The molecule has 4 heteroatoms. The number of hydrogen-bond donors (Lipinski definition) is 1. The first-order valence-electron chi connectivity index (χ1n) is 9.75. The Morgan fingerprint density at radius 1 is 1.00 bits per heavy atom. The number of carbonyl (C=O) groups is 1. The van der Waals surface area contributed by atoms with Gasteiger partial charge in [-0.25, -0.2) is 0 Å². The summed E-state index contributed by atoms with van der Waals surface area (Å²) >= 11 is 0. The van der Waals surface area contributed by atoms with Crippen molar-refractivity contribution in [1.29, 1.82) is 0 Å². The Hall–Kier alpha value is -2.59. The predicted molar refractivity (Wildman–Crippen MR) is 113 cm³/mol. The largest absolute Gasteiger partial charge is 0.369 e. The van der Waals surface area contributed by atoms with E-state index in [2.05, 4.69) is 57.6 Å². The summed E-state index contributed by atoms with van der Waals surface area (Å²) in [5.41, 5.74) is 4.19. The summed E-state index contributed by atoms with van der Waals surface area (Å²) in [6.45, 7) is 9.08. The molecule has 0 radical (unpaired) electrons. The SMILES string of the molecule is CCC=C(C)C(=O)Nc1ccc(N2CCN(Cc3ccccc3)CC2)cc1. The molecule has 1 N–H and O–H groups in total. The number of anilines is 2. The minimum Gasteiger partial charge on any atom is -0.369 e. The summed E-state index contributed by atoms with van der Waals surface area (Å²) < 4.78 is 0. The molecule has 1 aliphatic rings. The molecule has 1 aliphatic heterocycles. The standard InChI is InChI=1S/C23H29N3O/c1-3-7-19(2)23(27)24-21-10-12-22(13-11-21)26-16-14-25(15-17-26)18-20-8-5-4-6-9-20/h4-13H,3,14-18H2,1-2H3,(H,24,27). The van der Waals surface area contributed by atoms with E-state index < -0.39 is 0 Å². The summed E-state index contributed by atoms with van der Waals surface area (Å²) in [5, 5.41) is 2.96. The molecule has 2 aromatic carbocycles. The molecule has 0 bridgehead atoms. The van der Waals surface area contributed by atoms with Gasteiger partial charge in [0.2, 0.25) is 0 Å². The molecule has 1 amide bonds. The van der Waals surface area contributed by atoms with E-state index in [-0.39, 0.29) is 5.91 Å². The van der Waals surface area contributed by atoms with Crippen molar-refractivity contribution in [3.05, 3.63) is 71.8 Å². The Kier molecular flexibility index (Phi) is 6.66. The fraction of sp³-hybridized carbons (Fsp3) is 0.348. The first-order valence-corrected chi connectivity index (χ1v) is 9.75. The predicted octanol–water partition coefficient (Wildman–Crippen LogP) is 4.30. The lowest BCUT2D eigenvalue weighted by Crippen LogP contribution is -2.45. The zero-order chi connectivity index (χ0) is 19.1. The van der Waals surface area contributed by atoms with Crippen LogP contribution in [0, 0.1) is 0 Å². The molecule has 0 spiro atoms. The zero-order valence-electron chi connectivity index (χ0n) is 16.3. The fourth-order valence-corrected chi connectivity index (χ4v) is 3.39. The van der Waals surface area contributed by atoms with E-state index in [0.717, 1.165) is 50.4 Å². The van der Waals surface area contributed by atoms with Gasteiger partial charge in [-0.2, -0.15) is 0 Å². The number of allylic oxidation sites excluding steroid dienone is 1. The van der Waals surface area contributed by atoms with Gasteiger partial charge in [0, 0.05) is 49.7 Å². The first kappa shape index (κ1) is 19.2. The second-order valence-corrected chi connectivity index (χ2v) is 7.05. The van der Waals surface area contributed by atoms with Crippen molar-refractivity contribution in [2.75, 3.05) is 36.4 Å². The highest BCUT2D eigenvalue weighted by atomic mass is 16.1. The van der Waals surface area contributed by atoms with Crippen LogP contribution in [0.2, 0.25) is 0 Å². The topological polar surface area (TPSA) is 35.6 Å². The Balaban J connectivity index is 1.51. The summed E-state index contributed by atoms with van der Waals surface area (Å²) in [7, 11) is 0. The molecule has 3 rings (SSSR count). The van der Waals surface area contributed by atoms with Gasteiger partial charge in [-0.3, -0.25) is 9.69 Å². The molecule has 27 heavy (non-hydrogen) atoms. The Labute approximate surface area is 162 Å². The van der Waals surface area contributed by atoms with Gasteiger partial charge in [0.15, 0.2) is 0 Å². The fourth-order valence-electron chi connectivity index (χ4n) is 3.39. The summed E-state index contributed by atoms with van der Waals surface area (Å²) in [5.74, 6) is -0.0286. The Bertz CT molecular complexity index is 760. The molecule has 142 valence electrons. The van der Waals surface area contributed by atoms with Gasteiger partial charge in [0.25, 0.3) is 5.91 Å². The first-order chi connectivity index (χ1) is 13.2. The normalized spacial score (nSPS) is 15.6. The molecule has 4 nitrogen and oxygen atoms in total. The van der Waals surface area contributed by atoms with Gasteiger partial charge in [-0.1, -0.05) is 43.3 Å². The molecule has 2 aromatic rings. The number of rotatable bonds is 6. The van der Waals surface area contributed by atoms with E-state index in [1.807, 2.05) is 32.1 Å². The van der Waals surface area contributed by atoms with Crippen LogP contribution < -0.4 is 10.2 Å². The maximum absolute atomic E-state index is 12.1. The van der Waals surface area contributed by atoms with E-state index in [1.165, 1.54) is 11.3 Å². The lowest BCUT2D eigenvalue weighted by Gasteiger charge is -2.36. The van der Waals surface area contributed by atoms with Crippen LogP contribution in [-0.4, -0.2) is 37.0 Å². The van der Waals surface area contributed by atoms with Crippen molar-refractivity contribution < 1.29 is 4.79 Å². The Morgan fingerprint density at radius 2 is 1.67 bits per heavy atom. The smallest absolute Gasteiger partial charge is 0.250 e. The van der Waals surface area contributed by atoms with Crippen LogP contribution in [0.1, 0.15) is 25.8 Å². The van der Waals surface area contributed by atoms with Gasteiger partial charge in [-0.05, 0) is 43.2 Å². The van der Waals surface area contributed by atoms with Crippen LogP contribution in [0.3, 0.4) is 0 Å². The average molecular weight is 364 g/mol. The highest BCUT2D eigenvalue weighted by Gasteiger charge is 2.17. The summed E-state index contributed by atoms with van der Waals surface area (Å²) in [6, 6.07) is 18.8. The number of hydrogen-bond acceptors (Lipinski definition) is 3. The zero-order valence-corrected chi connectivity index (χ0v) is 16.3. The second kappa shape index (κ2) is 9.38. The molecular weight excluding hydrogens is 334 g/mol. The van der Waals surface area contributed by atoms with Crippen molar-refractivity contribution >= 4 is 17.3 Å². The third-order valence-electron chi connectivity index (χ3n) is 4.98. The van der Waals surface area contributed by atoms with Crippen LogP contribution in [0.25, 0.3) is 0 Å². The van der Waals surface area contributed by atoms with Gasteiger partial charge in [0.05, 0.1) is 0 Å². The summed E-state index contributed by atoms with van der Waals surface area (Å²) in [4.78, 5) is 17.0. The molecule has 1 heterocycles. The number of nitrogens with zero attached hydrogens (tertiary/aromatic N) is 2.